The lowest BCUT2D eigenvalue weighted by atomic mass is 9.83. The van der Waals surface area contributed by atoms with Crippen molar-refractivity contribution in [2.45, 2.75) is 39.0 Å². The van der Waals surface area contributed by atoms with Crippen LogP contribution in [0.5, 0.6) is 0 Å². The topological polar surface area (TPSA) is 57.6 Å². The third kappa shape index (κ3) is 3.20. The monoisotopic (exact) mass is 295 g/mol. The van der Waals surface area contributed by atoms with Gasteiger partial charge in [0.1, 0.15) is 0 Å². The zero-order valence-corrected chi connectivity index (χ0v) is 12.6. The molecule has 110 valence electrons. The number of amides is 1. The fraction of sp³-hybridized carbons (Fsp3) is 0.600. The van der Waals surface area contributed by atoms with Crippen LogP contribution in [0, 0.1) is 5.41 Å². The molecule has 0 radical (unpaired) electrons. The number of hydrogen-bond acceptors (Lipinski definition) is 3. The Hall–Kier alpha value is -1.36. The van der Waals surface area contributed by atoms with Crippen molar-refractivity contribution in [3.05, 3.63) is 22.4 Å². The van der Waals surface area contributed by atoms with Gasteiger partial charge in [0.05, 0.1) is 5.41 Å². The Bertz CT molecular complexity index is 471. The van der Waals surface area contributed by atoms with Gasteiger partial charge in [-0.2, -0.15) is 0 Å². The molecule has 1 aromatic heterocycles. The highest BCUT2D eigenvalue weighted by Gasteiger charge is 2.45. The van der Waals surface area contributed by atoms with Gasteiger partial charge in [-0.15, -0.1) is 11.3 Å². The van der Waals surface area contributed by atoms with E-state index in [1.165, 1.54) is 4.88 Å². The molecule has 4 nitrogen and oxygen atoms in total. The molecule has 1 N–H and O–H groups in total. The van der Waals surface area contributed by atoms with E-state index in [4.69, 9.17) is 0 Å². The van der Waals surface area contributed by atoms with E-state index in [9.17, 15) is 14.7 Å². The minimum atomic E-state index is -0.757. The van der Waals surface area contributed by atoms with Crippen LogP contribution in [0.3, 0.4) is 0 Å². The largest absolute Gasteiger partial charge is 0.481 e. The van der Waals surface area contributed by atoms with Gasteiger partial charge in [0.2, 0.25) is 5.91 Å². The maximum Gasteiger partial charge on any atom is 0.311 e. The standard InChI is InChI=1S/C15H21NO3S/c1-2-7-15(14(18)19)8-9-16(11-15)13(17)6-5-12-4-3-10-20-12/h3-4,10H,2,5-9,11H2,1H3,(H,18,19). The molecule has 0 aliphatic carbocycles. The molecule has 0 aromatic carbocycles. The summed E-state index contributed by atoms with van der Waals surface area (Å²) in [6, 6.07) is 4.01. The normalized spacial score (nSPS) is 22.1. The molecule has 1 unspecified atom stereocenters. The molecule has 20 heavy (non-hydrogen) atoms. The van der Waals surface area contributed by atoms with Crippen molar-refractivity contribution in [2.24, 2.45) is 5.41 Å². The van der Waals surface area contributed by atoms with Crippen LogP contribution >= 0.6 is 11.3 Å². The lowest BCUT2D eigenvalue weighted by Gasteiger charge is -2.24. The third-order valence-corrected chi connectivity index (χ3v) is 4.99. The summed E-state index contributed by atoms with van der Waals surface area (Å²) in [6.07, 6.45) is 3.30. The average molecular weight is 295 g/mol. The molecule has 2 rings (SSSR count). The van der Waals surface area contributed by atoms with Gasteiger partial charge in [0.15, 0.2) is 0 Å². The number of hydrogen-bond donors (Lipinski definition) is 1. The van der Waals surface area contributed by atoms with Gasteiger partial charge < -0.3 is 10.0 Å². The van der Waals surface area contributed by atoms with Crippen LogP contribution in [-0.4, -0.2) is 35.0 Å². The van der Waals surface area contributed by atoms with Crippen LogP contribution in [0.4, 0.5) is 0 Å². The second kappa shape index (κ2) is 6.39. The number of nitrogens with zero attached hydrogens (tertiary/aromatic N) is 1. The minimum Gasteiger partial charge on any atom is -0.481 e. The molecule has 1 fully saturated rings. The Morgan fingerprint density at radius 1 is 1.50 bits per heavy atom. The van der Waals surface area contributed by atoms with E-state index in [0.29, 0.717) is 32.4 Å². The number of aliphatic carboxylic acids is 1. The van der Waals surface area contributed by atoms with Crippen LogP contribution in [0.2, 0.25) is 0 Å². The fourth-order valence-corrected chi connectivity index (χ4v) is 3.60. The van der Waals surface area contributed by atoms with E-state index in [-0.39, 0.29) is 5.91 Å². The Morgan fingerprint density at radius 2 is 2.30 bits per heavy atom. The average Bonchev–Trinajstić information content (AvgIpc) is 3.06. The zero-order valence-electron chi connectivity index (χ0n) is 11.8. The zero-order chi connectivity index (χ0) is 14.6. The number of carbonyl (C=O) groups excluding carboxylic acids is 1. The highest BCUT2D eigenvalue weighted by molar-refractivity contribution is 7.09. The number of thiophene rings is 1. The van der Waals surface area contributed by atoms with Crippen molar-refractivity contribution in [3.63, 3.8) is 0 Å². The predicted octanol–water partition coefficient (Wildman–Crippen LogP) is 2.78. The number of aryl methyl sites for hydroxylation is 1. The molecule has 2 heterocycles. The number of likely N-dealkylation sites (tertiary alicyclic amines) is 1. The molecular weight excluding hydrogens is 274 g/mol. The Kier molecular flexibility index (Phi) is 4.81. The maximum absolute atomic E-state index is 12.2. The molecule has 1 saturated heterocycles. The summed E-state index contributed by atoms with van der Waals surface area (Å²) in [7, 11) is 0. The van der Waals surface area contributed by atoms with Crippen molar-refractivity contribution >= 4 is 23.2 Å². The first kappa shape index (κ1) is 15.0. The fourth-order valence-electron chi connectivity index (χ4n) is 2.89. The van der Waals surface area contributed by atoms with E-state index < -0.39 is 11.4 Å². The van der Waals surface area contributed by atoms with Crippen LogP contribution in [0.25, 0.3) is 0 Å². The third-order valence-electron chi connectivity index (χ3n) is 4.05. The smallest absolute Gasteiger partial charge is 0.311 e. The Balaban J connectivity index is 1.90. The van der Waals surface area contributed by atoms with E-state index in [1.807, 2.05) is 24.4 Å². The quantitative estimate of drug-likeness (QED) is 0.878. The van der Waals surface area contributed by atoms with Gasteiger partial charge in [-0.05, 0) is 30.7 Å². The van der Waals surface area contributed by atoms with Gasteiger partial charge in [0, 0.05) is 24.4 Å². The second-order valence-electron chi connectivity index (χ2n) is 5.48. The summed E-state index contributed by atoms with van der Waals surface area (Å²) in [5.74, 6) is -0.675. The highest BCUT2D eigenvalue weighted by Crippen LogP contribution is 2.35. The van der Waals surface area contributed by atoms with E-state index >= 15 is 0 Å². The molecular formula is C15H21NO3S. The van der Waals surface area contributed by atoms with Gasteiger partial charge in [-0.1, -0.05) is 19.4 Å². The Labute approximate surface area is 123 Å². The number of carboxylic acids is 1. The molecule has 1 aliphatic rings. The van der Waals surface area contributed by atoms with Gasteiger partial charge in [0.25, 0.3) is 0 Å². The summed E-state index contributed by atoms with van der Waals surface area (Å²) in [6.45, 7) is 2.95. The summed E-state index contributed by atoms with van der Waals surface area (Å²) in [5.41, 5.74) is -0.715. The number of rotatable bonds is 6. The van der Waals surface area contributed by atoms with Crippen molar-refractivity contribution in [1.82, 2.24) is 4.90 Å². The maximum atomic E-state index is 12.2. The molecule has 1 aromatic rings. The van der Waals surface area contributed by atoms with Crippen molar-refractivity contribution in [1.29, 1.82) is 0 Å². The van der Waals surface area contributed by atoms with Gasteiger partial charge in [-0.3, -0.25) is 9.59 Å². The molecule has 0 spiro atoms. The predicted molar refractivity (Wildman–Crippen MR) is 78.8 cm³/mol. The first-order chi connectivity index (χ1) is 9.57. The van der Waals surface area contributed by atoms with Crippen LogP contribution in [-0.2, 0) is 16.0 Å². The summed E-state index contributed by atoms with van der Waals surface area (Å²) < 4.78 is 0. The van der Waals surface area contributed by atoms with Crippen molar-refractivity contribution in [3.8, 4) is 0 Å². The Morgan fingerprint density at radius 3 is 2.90 bits per heavy atom. The summed E-state index contributed by atoms with van der Waals surface area (Å²) >= 11 is 1.66. The SMILES string of the molecule is CCCC1(C(=O)O)CCN(C(=O)CCc2cccs2)C1. The highest BCUT2D eigenvalue weighted by atomic mass is 32.1. The van der Waals surface area contributed by atoms with Crippen LogP contribution in [0.15, 0.2) is 17.5 Å². The molecule has 5 heteroatoms. The molecule has 1 aliphatic heterocycles. The number of carboxylic acid groups (broad SMARTS) is 1. The molecule has 1 atom stereocenters. The van der Waals surface area contributed by atoms with Crippen molar-refractivity contribution < 1.29 is 14.7 Å². The number of carbonyl (C=O) groups is 2. The van der Waals surface area contributed by atoms with Crippen LogP contribution < -0.4 is 0 Å². The lowest BCUT2D eigenvalue weighted by Crippen LogP contribution is -2.37. The van der Waals surface area contributed by atoms with Gasteiger partial charge in [-0.25, -0.2) is 0 Å². The van der Waals surface area contributed by atoms with E-state index in [0.717, 1.165) is 12.8 Å². The molecule has 0 saturated carbocycles. The van der Waals surface area contributed by atoms with Crippen molar-refractivity contribution in [2.75, 3.05) is 13.1 Å². The first-order valence-electron chi connectivity index (χ1n) is 7.11. The molecule has 1 amide bonds. The lowest BCUT2D eigenvalue weighted by molar-refractivity contribution is -0.149. The van der Waals surface area contributed by atoms with Crippen LogP contribution in [0.1, 0.15) is 37.5 Å². The summed E-state index contributed by atoms with van der Waals surface area (Å²) in [5, 5.41) is 11.4. The molecule has 0 bridgehead atoms. The minimum absolute atomic E-state index is 0.0811. The first-order valence-corrected chi connectivity index (χ1v) is 7.99. The summed E-state index contributed by atoms with van der Waals surface area (Å²) in [4.78, 5) is 26.6. The van der Waals surface area contributed by atoms with E-state index in [1.54, 1.807) is 16.2 Å². The van der Waals surface area contributed by atoms with Gasteiger partial charge >= 0.3 is 5.97 Å². The van der Waals surface area contributed by atoms with E-state index in [2.05, 4.69) is 0 Å². The second-order valence-corrected chi connectivity index (χ2v) is 6.51.